The van der Waals surface area contributed by atoms with Crippen LogP contribution in [0, 0.1) is 0 Å². The predicted octanol–water partition coefficient (Wildman–Crippen LogP) is 5.51. The first-order chi connectivity index (χ1) is 21.2. The number of hydrogen-bond donors (Lipinski definition) is 1. The van der Waals surface area contributed by atoms with Crippen LogP contribution in [0.15, 0.2) is 12.2 Å². The molecule has 262 valence electrons. The van der Waals surface area contributed by atoms with Crippen LogP contribution in [0.3, 0.4) is 0 Å². The number of carboxylic acid groups (broad SMARTS) is 1. The van der Waals surface area contributed by atoms with Gasteiger partial charge in [0, 0.05) is 25.3 Å². The number of ether oxygens (including phenoxy) is 2. The quantitative estimate of drug-likeness (QED) is 0.0339. The highest BCUT2D eigenvalue weighted by Gasteiger charge is 2.22. The van der Waals surface area contributed by atoms with E-state index in [-0.39, 0.29) is 32.3 Å². The summed E-state index contributed by atoms with van der Waals surface area (Å²) in [5.41, 5.74) is 0. The maximum absolute atomic E-state index is 12.3. The van der Waals surface area contributed by atoms with Gasteiger partial charge in [0.15, 0.2) is 11.9 Å². The van der Waals surface area contributed by atoms with Crippen molar-refractivity contribution in [1.29, 1.82) is 0 Å². The predicted molar refractivity (Wildman–Crippen MR) is 169 cm³/mol. The van der Waals surface area contributed by atoms with Crippen LogP contribution in [0.5, 0.6) is 0 Å². The molecule has 0 aliphatic heterocycles. The number of hydrogen-bond acceptors (Lipinski definition) is 10. The molecule has 0 aromatic carbocycles. The molecule has 1 N–H and O–H groups in total. The Bertz CT molecular complexity index is 917. The van der Waals surface area contributed by atoms with Gasteiger partial charge in [0.1, 0.15) is 19.8 Å². The van der Waals surface area contributed by atoms with Crippen molar-refractivity contribution >= 4 is 31.5 Å². The maximum Gasteiger partial charge on any atom is 0.328 e. The van der Waals surface area contributed by atoms with Crippen LogP contribution in [0.25, 0.3) is 0 Å². The van der Waals surface area contributed by atoms with E-state index in [1.807, 2.05) is 21.1 Å². The second-order valence-corrected chi connectivity index (χ2v) is 13.8. The molecule has 0 saturated heterocycles. The number of esters is 2. The highest BCUT2D eigenvalue weighted by Crippen LogP contribution is 2.38. The van der Waals surface area contributed by atoms with Crippen molar-refractivity contribution in [2.45, 2.75) is 122 Å². The number of rotatable bonds is 30. The van der Waals surface area contributed by atoms with E-state index in [0.717, 1.165) is 25.3 Å². The highest BCUT2D eigenvalue weighted by atomic mass is 31.2. The Hall–Kier alpha value is -2.11. The second-order valence-electron chi connectivity index (χ2n) is 12.4. The summed E-state index contributed by atoms with van der Waals surface area (Å²) in [5.74, 6) is -2.96. The SMILES string of the molecule is CCCCCCCCCCCCCCCC(=O)OCC(COP(=O)([O-])OCC[N+](C)(C)C)OC(=O)CCCC(=O)C=CC(=O)O. The molecule has 45 heavy (non-hydrogen) atoms. The first-order valence-corrected chi connectivity index (χ1v) is 17.9. The fraction of sp³-hybridized carbons (Fsp3) is 0.812. The minimum Gasteiger partial charge on any atom is -0.756 e. The lowest BCUT2D eigenvalue weighted by Gasteiger charge is -2.28. The molecule has 2 unspecified atom stereocenters. The van der Waals surface area contributed by atoms with Crippen molar-refractivity contribution < 1.29 is 56.7 Å². The number of aliphatic carboxylic acids is 1. The van der Waals surface area contributed by atoms with Gasteiger partial charge in [-0.25, -0.2) is 4.79 Å². The summed E-state index contributed by atoms with van der Waals surface area (Å²) in [5, 5.41) is 8.58. The van der Waals surface area contributed by atoms with Crippen LogP contribution in [0.4, 0.5) is 0 Å². The largest absolute Gasteiger partial charge is 0.756 e. The fourth-order valence-electron chi connectivity index (χ4n) is 4.20. The lowest BCUT2D eigenvalue weighted by Crippen LogP contribution is -2.37. The first kappa shape index (κ1) is 42.9. The van der Waals surface area contributed by atoms with Gasteiger partial charge >= 0.3 is 17.9 Å². The molecular formula is C32H58NO11P. The van der Waals surface area contributed by atoms with Gasteiger partial charge in [-0.3, -0.25) is 18.9 Å². The van der Waals surface area contributed by atoms with E-state index in [0.29, 0.717) is 23.5 Å². The number of ketones is 1. The van der Waals surface area contributed by atoms with Crippen molar-refractivity contribution in [3.8, 4) is 0 Å². The Morgan fingerprint density at radius 3 is 1.80 bits per heavy atom. The maximum atomic E-state index is 12.3. The molecule has 0 spiro atoms. The normalized spacial score (nSPS) is 13.8. The van der Waals surface area contributed by atoms with Gasteiger partial charge in [0.25, 0.3) is 7.82 Å². The van der Waals surface area contributed by atoms with E-state index >= 15 is 0 Å². The Morgan fingerprint density at radius 2 is 1.27 bits per heavy atom. The standard InChI is InChI=1S/C32H58NO11P/c1-5-6-7-8-9-10-11-12-13-14-15-16-17-20-31(37)41-26-29(27-43-45(39,40)42-25-24-33(2,3)4)44-32(38)21-18-19-28(34)22-23-30(35)36/h22-23,29H,5-21,24-27H2,1-4H3,(H-,35,36,39,40). The molecule has 2 atom stereocenters. The van der Waals surface area contributed by atoms with Crippen molar-refractivity contribution in [3.63, 3.8) is 0 Å². The number of unbranched alkanes of at least 4 members (excludes halogenated alkanes) is 12. The van der Waals surface area contributed by atoms with Gasteiger partial charge in [0.05, 0.1) is 27.7 Å². The zero-order valence-electron chi connectivity index (χ0n) is 28.0. The van der Waals surface area contributed by atoms with Gasteiger partial charge < -0.3 is 33.0 Å². The summed E-state index contributed by atoms with van der Waals surface area (Å²) >= 11 is 0. The van der Waals surface area contributed by atoms with Crippen LogP contribution in [0.1, 0.15) is 116 Å². The molecule has 0 radical (unpaired) electrons. The van der Waals surface area contributed by atoms with Crippen molar-refractivity contribution in [2.24, 2.45) is 0 Å². The molecule has 0 aliphatic rings. The molecule has 0 aliphatic carbocycles. The van der Waals surface area contributed by atoms with Gasteiger partial charge in [-0.15, -0.1) is 0 Å². The van der Waals surface area contributed by atoms with Crippen LogP contribution in [-0.4, -0.2) is 86.9 Å². The minimum atomic E-state index is -4.71. The van der Waals surface area contributed by atoms with E-state index in [2.05, 4.69) is 6.92 Å². The molecule has 0 aromatic heterocycles. The molecule has 0 heterocycles. The number of phosphoric acid groups is 1. The average molecular weight is 664 g/mol. The number of likely N-dealkylation sites (N-methyl/N-ethyl adjacent to an activating group) is 1. The zero-order valence-corrected chi connectivity index (χ0v) is 28.9. The number of phosphoric ester groups is 1. The molecule has 0 fully saturated rings. The van der Waals surface area contributed by atoms with Gasteiger partial charge in [-0.05, 0) is 18.9 Å². The van der Waals surface area contributed by atoms with Crippen LogP contribution >= 0.6 is 7.82 Å². The molecule has 0 aromatic rings. The first-order valence-electron chi connectivity index (χ1n) is 16.4. The van der Waals surface area contributed by atoms with E-state index in [1.165, 1.54) is 57.8 Å². The monoisotopic (exact) mass is 663 g/mol. The summed E-state index contributed by atoms with van der Waals surface area (Å²) in [6.45, 7) is 1.52. The number of carboxylic acids is 1. The third kappa shape index (κ3) is 30.3. The smallest absolute Gasteiger partial charge is 0.328 e. The second kappa shape index (κ2) is 26.0. The van der Waals surface area contributed by atoms with E-state index < -0.39 is 50.8 Å². The summed E-state index contributed by atoms with van der Waals surface area (Å²) in [6, 6.07) is 0. The molecule has 0 saturated carbocycles. The van der Waals surface area contributed by atoms with Crippen LogP contribution in [0.2, 0.25) is 0 Å². The van der Waals surface area contributed by atoms with Crippen LogP contribution < -0.4 is 4.89 Å². The number of nitrogens with zero attached hydrogens (tertiary/aromatic N) is 1. The van der Waals surface area contributed by atoms with Gasteiger partial charge in [-0.1, -0.05) is 84.0 Å². The van der Waals surface area contributed by atoms with Crippen molar-refractivity contribution in [2.75, 3.05) is 47.5 Å². The lowest BCUT2D eigenvalue weighted by molar-refractivity contribution is -0.870. The van der Waals surface area contributed by atoms with Crippen molar-refractivity contribution in [1.82, 2.24) is 0 Å². The molecular weight excluding hydrogens is 605 g/mol. The Balaban J connectivity index is 4.53. The van der Waals surface area contributed by atoms with E-state index in [9.17, 15) is 28.6 Å². The molecule has 0 amide bonds. The summed E-state index contributed by atoms with van der Waals surface area (Å²) < 4.78 is 33.0. The summed E-state index contributed by atoms with van der Waals surface area (Å²) in [7, 11) is 0.909. The Morgan fingerprint density at radius 1 is 0.733 bits per heavy atom. The highest BCUT2D eigenvalue weighted by molar-refractivity contribution is 7.45. The zero-order chi connectivity index (χ0) is 34.0. The number of carbonyl (C=O) groups excluding carboxylic acids is 3. The topological polar surface area (TPSA) is 166 Å². The lowest BCUT2D eigenvalue weighted by atomic mass is 10.0. The number of quaternary nitrogens is 1. The summed E-state index contributed by atoms with van der Waals surface area (Å²) in [6.07, 6.45) is 15.8. The molecule has 0 rings (SSSR count). The van der Waals surface area contributed by atoms with Gasteiger partial charge in [0.2, 0.25) is 0 Å². The minimum absolute atomic E-state index is 0.0793. The fourth-order valence-corrected chi connectivity index (χ4v) is 4.93. The Kier molecular flexibility index (Phi) is 24.8. The van der Waals surface area contributed by atoms with Gasteiger partial charge in [-0.2, -0.15) is 0 Å². The molecule has 12 nitrogen and oxygen atoms in total. The molecule has 0 bridgehead atoms. The Labute approximate surface area is 270 Å². The van der Waals surface area contributed by atoms with E-state index in [4.69, 9.17) is 23.6 Å². The number of allylic oxidation sites excluding steroid dienone is 1. The summed E-state index contributed by atoms with van der Waals surface area (Å²) in [4.78, 5) is 59.0. The van der Waals surface area contributed by atoms with Crippen molar-refractivity contribution in [3.05, 3.63) is 12.2 Å². The number of carbonyl (C=O) groups is 4. The third-order valence-electron chi connectivity index (χ3n) is 6.86. The van der Waals surface area contributed by atoms with E-state index in [1.54, 1.807) is 0 Å². The average Bonchev–Trinajstić information content (AvgIpc) is 2.95. The third-order valence-corrected chi connectivity index (χ3v) is 7.82. The van der Waals surface area contributed by atoms with Crippen LogP contribution in [-0.2, 0) is 42.3 Å². The molecule has 13 heteroatoms.